The van der Waals surface area contributed by atoms with Crippen LogP contribution in [0.1, 0.15) is 17.3 Å². The summed E-state index contributed by atoms with van der Waals surface area (Å²) in [4.78, 5) is 12.9. The summed E-state index contributed by atoms with van der Waals surface area (Å²) >= 11 is 6.24. The fourth-order valence-corrected chi connectivity index (χ4v) is 7.42. The van der Waals surface area contributed by atoms with Gasteiger partial charge in [-0.05, 0) is 16.8 Å². The minimum absolute atomic E-state index is 0.117. The SMILES string of the molecule is CC(CP(=S)(c1ccccc1)c1ccccc1)C(=O)c1ccccc1. The maximum absolute atomic E-state index is 12.9. The van der Waals surface area contributed by atoms with E-state index in [1.807, 2.05) is 73.7 Å². The molecule has 0 fully saturated rings. The lowest BCUT2D eigenvalue weighted by Crippen LogP contribution is -2.24. The number of carbonyl (C=O) groups excluding carboxylic acids is 1. The van der Waals surface area contributed by atoms with Crippen LogP contribution in [0.15, 0.2) is 91.0 Å². The van der Waals surface area contributed by atoms with Crippen molar-refractivity contribution in [1.82, 2.24) is 0 Å². The summed E-state index contributed by atoms with van der Waals surface area (Å²) < 4.78 is 0. The van der Waals surface area contributed by atoms with Gasteiger partial charge in [-0.15, -0.1) is 0 Å². The summed E-state index contributed by atoms with van der Waals surface area (Å²) in [5.74, 6) is 0.0512. The van der Waals surface area contributed by atoms with Crippen LogP contribution in [0, 0.1) is 5.92 Å². The molecule has 3 aromatic rings. The molecule has 1 unspecified atom stereocenters. The van der Waals surface area contributed by atoms with E-state index < -0.39 is 6.04 Å². The third-order valence-electron chi connectivity index (χ3n) is 4.38. The Balaban J connectivity index is 1.96. The van der Waals surface area contributed by atoms with E-state index in [9.17, 15) is 4.79 Å². The first-order valence-corrected chi connectivity index (χ1v) is 11.4. The number of Topliss-reactive ketones (excluding diaryl/α,β-unsaturated/α-hetero) is 1. The lowest BCUT2D eigenvalue weighted by Gasteiger charge is -2.26. The molecule has 0 amide bonds. The summed E-state index contributed by atoms with van der Waals surface area (Å²) in [6.07, 6.45) is 0.698. The average molecular weight is 364 g/mol. The molecule has 0 heterocycles. The van der Waals surface area contributed by atoms with Gasteiger partial charge in [-0.25, -0.2) is 0 Å². The van der Waals surface area contributed by atoms with Crippen LogP contribution < -0.4 is 10.6 Å². The predicted octanol–water partition coefficient (Wildman–Crippen LogP) is 4.64. The highest BCUT2D eigenvalue weighted by atomic mass is 32.4. The second kappa shape index (κ2) is 7.91. The molecule has 0 aliphatic heterocycles. The zero-order valence-corrected chi connectivity index (χ0v) is 15.9. The lowest BCUT2D eigenvalue weighted by atomic mass is 10.0. The van der Waals surface area contributed by atoms with Crippen LogP contribution in [0.4, 0.5) is 0 Å². The second-order valence-corrected chi connectivity index (χ2v) is 11.0. The van der Waals surface area contributed by atoms with Crippen LogP contribution >= 0.6 is 6.04 Å². The third-order valence-corrected chi connectivity index (χ3v) is 9.42. The van der Waals surface area contributed by atoms with Gasteiger partial charge in [0.15, 0.2) is 5.78 Å². The monoisotopic (exact) mass is 364 g/mol. The van der Waals surface area contributed by atoms with Gasteiger partial charge in [0.05, 0.1) is 0 Å². The molecule has 0 N–H and O–H groups in total. The van der Waals surface area contributed by atoms with E-state index in [-0.39, 0.29) is 11.7 Å². The maximum Gasteiger partial charge on any atom is 0.166 e. The van der Waals surface area contributed by atoms with Crippen molar-refractivity contribution < 1.29 is 4.79 Å². The largest absolute Gasteiger partial charge is 0.294 e. The fourth-order valence-electron chi connectivity index (χ4n) is 3.05. The Morgan fingerprint density at radius 3 is 1.64 bits per heavy atom. The minimum Gasteiger partial charge on any atom is -0.294 e. The number of carbonyl (C=O) groups is 1. The van der Waals surface area contributed by atoms with Crippen molar-refractivity contribution in [3.63, 3.8) is 0 Å². The zero-order valence-electron chi connectivity index (χ0n) is 14.2. The van der Waals surface area contributed by atoms with E-state index in [0.717, 1.165) is 5.56 Å². The van der Waals surface area contributed by atoms with Crippen molar-refractivity contribution in [3.05, 3.63) is 96.6 Å². The lowest BCUT2D eigenvalue weighted by molar-refractivity contribution is 0.0941. The molecule has 3 heteroatoms. The topological polar surface area (TPSA) is 17.1 Å². The quantitative estimate of drug-likeness (QED) is 0.468. The molecule has 0 aliphatic carbocycles. The summed E-state index contributed by atoms with van der Waals surface area (Å²) in [6, 6.07) is 28.0. The number of ketones is 1. The predicted molar refractivity (Wildman–Crippen MR) is 111 cm³/mol. The highest BCUT2D eigenvalue weighted by Crippen LogP contribution is 2.45. The van der Waals surface area contributed by atoms with E-state index in [1.54, 1.807) is 0 Å². The van der Waals surface area contributed by atoms with Crippen molar-refractivity contribution in [2.24, 2.45) is 5.92 Å². The molecule has 0 saturated heterocycles. The highest BCUT2D eigenvalue weighted by Gasteiger charge is 2.28. The Kier molecular flexibility index (Phi) is 5.63. The number of hydrogen-bond acceptors (Lipinski definition) is 2. The molecular formula is C22H21OPS. The highest BCUT2D eigenvalue weighted by molar-refractivity contribution is 8.21. The normalized spacial score (nSPS) is 12.5. The summed E-state index contributed by atoms with van der Waals surface area (Å²) in [5.41, 5.74) is 0.762. The first-order chi connectivity index (χ1) is 12.1. The molecule has 3 rings (SSSR count). The minimum atomic E-state index is -2.04. The Morgan fingerprint density at radius 2 is 1.20 bits per heavy atom. The van der Waals surface area contributed by atoms with Gasteiger partial charge >= 0.3 is 0 Å². The molecule has 25 heavy (non-hydrogen) atoms. The van der Waals surface area contributed by atoms with Crippen LogP contribution in [0.2, 0.25) is 0 Å². The van der Waals surface area contributed by atoms with Crippen molar-refractivity contribution in [2.75, 3.05) is 6.16 Å². The molecule has 0 aliphatic rings. The van der Waals surface area contributed by atoms with Crippen molar-refractivity contribution >= 4 is 34.2 Å². The first-order valence-electron chi connectivity index (χ1n) is 8.41. The molecule has 0 aromatic heterocycles. The van der Waals surface area contributed by atoms with E-state index in [4.69, 9.17) is 11.8 Å². The van der Waals surface area contributed by atoms with Gasteiger partial charge in [0.2, 0.25) is 0 Å². The molecule has 1 nitrogen and oxygen atoms in total. The van der Waals surface area contributed by atoms with Crippen LogP contribution in [-0.2, 0) is 11.8 Å². The third kappa shape index (κ3) is 3.98. The molecule has 0 spiro atoms. The van der Waals surface area contributed by atoms with Gasteiger partial charge in [-0.3, -0.25) is 4.79 Å². The van der Waals surface area contributed by atoms with Crippen LogP contribution in [0.5, 0.6) is 0 Å². The Morgan fingerprint density at radius 1 is 0.800 bits per heavy atom. The van der Waals surface area contributed by atoms with Crippen molar-refractivity contribution in [2.45, 2.75) is 6.92 Å². The first kappa shape index (κ1) is 17.8. The van der Waals surface area contributed by atoms with Crippen LogP contribution in [-0.4, -0.2) is 11.9 Å². The van der Waals surface area contributed by atoms with E-state index >= 15 is 0 Å². The van der Waals surface area contributed by atoms with Gasteiger partial charge in [-0.2, -0.15) is 0 Å². The van der Waals surface area contributed by atoms with E-state index in [2.05, 4.69) is 24.3 Å². The van der Waals surface area contributed by atoms with Crippen molar-refractivity contribution in [1.29, 1.82) is 0 Å². The average Bonchev–Trinajstić information content (AvgIpc) is 2.69. The smallest absolute Gasteiger partial charge is 0.166 e. The van der Waals surface area contributed by atoms with Crippen LogP contribution in [0.3, 0.4) is 0 Å². The standard InChI is InChI=1S/C22H21OPS/c1-18(22(23)19-11-5-2-6-12-19)17-24(25,20-13-7-3-8-14-20)21-15-9-4-10-16-21/h2-16,18H,17H2,1H3. The Hall–Kier alpha value is -2.02. The Labute approximate surface area is 154 Å². The zero-order chi connectivity index (χ0) is 17.7. The van der Waals surface area contributed by atoms with E-state index in [1.165, 1.54) is 10.6 Å². The molecular weight excluding hydrogens is 343 g/mol. The summed E-state index contributed by atoms with van der Waals surface area (Å²) in [7, 11) is 0. The fraction of sp³-hybridized carbons (Fsp3) is 0.136. The van der Waals surface area contributed by atoms with E-state index in [0.29, 0.717) is 6.16 Å². The number of hydrogen-bond donors (Lipinski definition) is 0. The molecule has 0 bridgehead atoms. The summed E-state index contributed by atoms with van der Waals surface area (Å²) in [6.45, 7) is 2.00. The number of rotatable bonds is 6. The molecule has 3 aromatic carbocycles. The molecule has 1 atom stereocenters. The van der Waals surface area contributed by atoms with Gasteiger partial charge < -0.3 is 0 Å². The van der Waals surface area contributed by atoms with Gasteiger partial charge in [0, 0.05) is 17.5 Å². The van der Waals surface area contributed by atoms with Crippen LogP contribution in [0.25, 0.3) is 0 Å². The summed E-state index contributed by atoms with van der Waals surface area (Å²) in [5, 5.41) is 2.34. The molecule has 0 radical (unpaired) electrons. The van der Waals surface area contributed by atoms with Gasteiger partial charge in [0.1, 0.15) is 0 Å². The second-order valence-electron chi connectivity index (χ2n) is 6.22. The molecule has 126 valence electrons. The van der Waals surface area contributed by atoms with Gasteiger partial charge in [-0.1, -0.05) is 110 Å². The Bertz CT molecular complexity index is 832. The maximum atomic E-state index is 12.9. The number of benzene rings is 3. The van der Waals surface area contributed by atoms with Crippen molar-refractivity contribution in [3.8, 4) is 0 Å². The molecule has 0 saturated carbocycles. The van der Waals surface area contributed by atoms with Gasteiger partial charge in [0.25, 0.3) is 0 Å².